The number of hydrogen-bond acceptors (Lipinski definition) is 4. The molecule has 8 heteroatoms. The minimum Gasteiger partial charge on any atom is -0.491 e. The molecule has 0 radical (unpaired) electrons. The molecule has 1 heterocycles. The normalized spacial score (nSPS) is 32.8. The standard InChI is InChI=1S/C22H27ClFNO4S/c23-18-7-17(20(26)12-30(27,28)25-2-1-3-25)19(24)8-21(18)29-13-22-9-14-4-15(10-22)6-16(5-14)11-22/h7-8,14-16H,1-6,9-13H2. The Balaban J connectivity index is 1.28. The van der Waals surface area contributed by atoms with Gasteiger partial charge < -0.3 is 4.74 Å². The SMILES string of the molecule is O=C(CS(=O)(=O)N1CCC1)c1cc(Cl)c(OCC23CC4CC(CC(C4)C2)C3)cc1F. The first-order chi connectivity index (χ1) is 14.2. The highest BCUT2D eigenvalue weighted by atomic mass is 35.5. The molecule has 5 aliphatic rings. The van der Waals surface area contributed by atoms with Crippen molar-refractivity contribution in [2.75, 3.05) is 25.4 Å². The summed E-state index contributed by atoms with van der Waals surface area (Å²) in [6.07, 6.45) is 8.31. The van der Waals surface area contributed by atoms with Crippen molar-refractivity contribution in [3.63, 3.8) is 0 Å². The van der Waals surface area contributed by atoms with Crippen LogP contribution in [0, 0.1) is 29.0 Å². The van der Waals surface area contributed by atoms with Crippen LogP contribution in [0.15, 0.2) is 12.1 Å². The molecule has 0 atom stereocenters. The van der Waals surface area contributed by atoms with Gasteiger partial charge in [0, 0.05) is 24.6 Å². The fraction of sp³-hybridized carbons (Fsp3) is 0.682. The van der Waals surface area contributed by atoms with E-state index in [0.29, 0.717) is 19.7 Å². The summed E-state index contributed by atoms with van der Waals surface area (Å²) in [6.45, 7) is 1.35. The lowest BCUT2D eigenvalue weighted by molar-refractivity contribution is -0.0745. The van der Waals surface area contributed by atoms with E-state index in [0.717, 1.165) is 30.2 Å². The van der Waals surface area contributed by atoms with Crippen LogP contribution < -0.4 is 4.74 Å². The monoisotopic (exact) mass is 455 g/mol. The van der Waals surface area contributed by atoms with Gasteiger partial charge in [-0.2, -0.15) is 0 Å². The molecule has 5 fully saturated rings. The van der Waals surface area contributed by atoms with Crippen molar-refractivity contribution >= 4 is 27.4 Å². The number of carbonyl (C=O) groups is 1. The van der Waals surface area contributed by atoms with Gasteiger partial charge in [-0.1, -0.05) is 11.6 Å². The number of nitrogens with zero attached hydrogens (tertiary/aromatic N) is 1. The first-order valence-corrected chi connectivity index (χ1v) is 12.8. The zero-order chi connectivity index (χ0) is 21.1. The van der Waals surface area contributed by atoms with Gasteiger partial charge in [-0.05, 0) is 68.8 Å². The Morgan fingerprint density at radius 3 is 2.27 bits per heavy atom. The number of carbonyl (C=O) groups excluding carboxylic acids is 1. The molecule has 4 saturated carbocycles. The summed E-state index contributed by atoms with van der Waals surface area (Å²) in [5.41, 5.74) is -0.139. The molecule has 4 aliphatic carbocycles. The summed E-state index contributed by atoms with van der Waals surface area (Å²) in [5, 5.41) is 0.144. The third kappa shape index (κ3) is 3.78. The zero-order valence-electron chi connectivity index (χ0n) is 16.9. The average molecular weight is 456 g/mol. The van der Waals surface area contributed by atoms with Crippen LogP contribution >= 0.6 is 11.6 Å². The first kappa shape index (κ1) is 20.7. The fourth-order valence-corrected chi connectivity index (χ4v) is 8.15. The summed E-state index contributed by atoms with van der Waals surface area (Å²) in [6, 6.07) is 2.34. The average Bonchev–Trinajstić information content (AvgIpc) is 2.58. The number of sulfonamides is 1. The summed E-state index contributed by atoms with van der Waals surface area (Å²) < 4.78 is 46.3. The molecule has 1 saturated heterocycles. The van der Waals surface area contributed by atoms with Gasteiger partial charge in [-0.25, -0.2) is 17.1 Å². The van der Waals surface area contributed by atoms with Gasteiger partial charge in [0.15, 0.2) is 5.78 Å². The van der Waals surface area contributed by atoms with Crippen molar-refractivity contribution in [2.45, 2.75) is 44.9 Å². The van der Waals surface area contributed by atoms with Gasteiger partial charge in [0.2, 0.25) is 10.0 Å². The molecule has 4 bridgehead atoms. The van der Waals surface area contributed by atoms with Gasteiger partial charge >= 0.3 is 0 Å². The van der Waals surface area contributed by atoms with E-state index in [-0.39, 0.29) is 21.8 Å². The molecule has 6 rings (SSSR count). The maximum Gasteiger partial charge on any atom is 0.221 e. The van der Waals surface area contributed by atoms with E-state index in [9.17, 15) is 17.6 Å². The second-order valence-corrected chi connectivity index (χ2v) is 12.3. The van der Waals surface area contributed by atoms with Crippen LogP contribution in [-0.2, 0) is 10.0 Å². The number of halogens is 2. The Morgan fingerprint density at radius 2 is 1.73 bits per heavy atom. The Hall–Kier alpha value is -1.18. The minimum absolute atomic E-state index is 0.144. The van der Waals surface area contributed by atoms with Crippen LogP contribution in [0.2, 0.25) is 5.02 Å². The number of rotatable bonds is 7. The Labute approximate surface area is 182 Å². The number of benzene rings is 1. The van der Waals surface area contributed by atoms with Crippen molar-refractivity contribution in [3.05, 3.63) is 28.5 Å². The molecule has 0 unspecified atom stereocenters. The highest BCUT2D eigenvalue weighted by Crippen LogP contribution is 2.60. The van der Waals surface area contributed by atoms with E-state index >= 15 is 0 Å². The van der Waals surface area contributed by atoms with E-state index in [1.165, 1.54) is 48.9 Å². The van der Waals surface area contributed by atoms with Crippen LogP contribution in [0.4, 0.5) is 4.39 Å². The predicted molar refractivity (Wildman–Crippen MR) is 112 cm³/mol. The van der Waals surface area contributed by atoms with Gasteiger partial charge in [-0.3, -0.25) is 4.79 Å². The van der Waals surface area contributed by atoms with Gasteiger partial charge in [0.05, 0.1) is 17.2 Å². The molecular formula is C22H27ClFNO4S. The van der Waals surface area contributed by atoms with Crippen molar-refractivity contribution in [1.82, 2.24) is 4.31 Å². The molecule has 1 aromatic carbocycles. The van der Waals surface area contributed by atoms with E-state index < -0.39 is 27.4 Å². The second-order valence-electron chi connectivity index (χ2n) is 9.90. The molecule has 0 N–H and O–H groups in total. The molecule has 0 aromatic heterocycles. The summed E-state index contributed by atoms with van der Waals surface area (Å²) in [7, 11) is -3.70. The number of hydrogen-bond donors (Lipinski definition) is 0. The van der Waals surface area contributed by atoms with Crippen LogP contribution in [0.1, 0.15) is 55.3 Å². The fourth-order valence-electron chi connectivity index (χ4n) is 6.45. The smallest absolute Gasteiger partial charge is 0.221 e. The zero-order valence-corrected chi connectivity index (χ0v) is 18.5. The second kappa shape index (κ2) is 7.45. The lowest BCUT2D eigenvalue weighted by atomic mass is 9.50. The largest absolute Gasteiger partial charge is 0.491 e. The number of ether oxygens (including phenoxy) is 1. The Morgan fingerprint density at radius 1 is 1.13 bits per heavy atom. The summed E-state index contributed by atoms with van der Waals surface area (Å²) in [4.78, 5) is 12.4. The van der Waals surface area contributed by atoms with E-state index in [4.69, 9.17) is 16.3 Å². The highest BCUT2D eigenvalue weighted by Gasteiger charge is 2.51. The van der Waals surface area contributed by atoms with Gasteiger partial charge in [0.25, 0.3) is 0 Å². The third-order valence-electron chi connectivity index (χ3n) is 7.54. The molecule has 164 valence electrons. The number of Topliss-reactive ketones (excluding diaryl/α,β-unsaturated/α-hetero) is 1. The molecule has 0 amide bonds. The lowest BCUT2D eigenvalue weighted by Crippen LogP contribution is -2.48. The number of ketones is 1. The van der Waals surface area contributed by atoms with E-state index in [1.807, 2.05) is 0 Å². The first-order valence-electron chi connectivity index (χ1n) is 10.9. The predicted octanol–water partition coefficient (Wildman–Crippen LogP) is 4.29. The molecule has 1 aliphatic heterocycles. The van der Waals surface area contributed by atoms with E-state index in [2.05, 4.69) is 0 Å². The quantitative estimate of drug-likeness (QED) is 0.575. The Kier molecular flexibility index (Phi) is 5.14. The van der Waals surface area contributed by atoms with Crippen molar-refractivity contribution < 1.29 is 22.3 Å². The van der Waals surface area contributed by atoms with Crippen molar-refractivity contribution in [2.24, 2.45) is 23.2 Å². The van der Waals surface area contributed by atoms with Crippen LogP contribution in [-0.4, -0.2) is 44.0 Å². The van der Waals surface area contributed by atoms with Gasteiger partial charge in [-0.15, -0.1) is 0 Å². The van der Waals surface area contributed by atoms with Crippen LogP contribution in [0.5, 0.6) is 5.75 Å². The summed E-state index contributed by atoms with van der Waals surface area (Å²) in [5.74, 6) is 0.291. The van der Waals surface area contributed by atoms with Crippen LogP contribution in [0.25, 0.3) is 0 Å². The molecule has 0 spiro atoms. The van der Waals surface area contributed by atoms with Gasteiger partial charge in [0.1, 0.15) is 17.3 Å². The maximum atomic E-state index is 14.7. The minimum atomic E-state index is -3.70. The topological polar surface area (TPSA) is 63.7 Å². The molecule has 1 aromatic rings. The van der Waals surface area contributed by atoms with Crippen molar-refractivity contribution in [3.8, 4) is 5.75 Å². The third-order valence-corrected chi connectivity index (χ3v) is 9.62. The molecule has 5 nitrogen and oxygen atoms in total. The summed E-state index contributed by atoms with van der Waals surface area (Å²) >= 11 is 6.30. The highest BCUT2D eigenvalue weighted by molar-refractivity contribution is 7.89. The maximum absolute atomic E-state index is 14.7. The van der Waals surface area contributed by atoms with E-state index in [1.54, 1.807) is 0 Å². The lowest BCUT2D eigenvalue weighted by Gasteiger charge is -2.56. The Bertz CT molecular complexity index is 940. The molecular weight excluding hydrogens is 429 g/mol. The molecule has 30 heavy (non-hydrogen) atoms. The van der Waals surface area contributed by atoms with Crippen LogP contribution in [0.3, 0.4) is 0 Å². The van der Waals surface area contributed by atoms with Crippen molar-refractivity contribution in [1.29, 1.82) is 0 Å².